The third kappa shape index (κ3) is 3.28. The summed E-state index contributed by atoms with van der Waals surface area (Å²) in [6, 6.07) is 14.4. The van der Waals surface area contributed by atoms with E-state index >= 15 is 0 Å². The quantitative estimate of drug-likeness (QED) is 0.892. The number of nitrogens with zero attached hydrogens (tertiary/aromatic N) is 4. The summed E-state index contributed by atoms with van der Waals surface area (Å²) in [5, 5.41) is 21.1. The number of anilines is 1. The van der Waals surface area contributed by atoms with Crippen LogP contribution in [-0.4, -0.2) is 47.2 Å². The van der Waals surface area contributed by atoms with Crippen molar-refractivity contribution < 1.29 is 5.11 Å². The number of hydrogen-bond acceptors (Lipinski definition) is 5. The third-order valence-corrected chi connectivity index (χ3v) is 6.38. The average Bonchev–Trinajstić information content (AvgIpc) is 3.23. The summed E-state index contributed by atoms with van der Waals surface area (Å²) < 4.78 is 0. The van der Waals surface area contributed by atoms with Gasteiger partial charge in [-0.15, -0.1) is 0 Å². The van der Waals surface area contributed by atoms with Crippen LogP contribution in [0.15, 0.2) is 36.4 Å². The zero-order valence-electron chi connectivity index (χ0n) is 16.7. The van der Waals surface area contributed by atoms with Crippen LogP contribution >= 0.6 is 0 Å². The molecule has 146 valence electrons. The van der Waals surface area contributed by atoms with Crippen LogP contribution in [0.4, 0.5) is 5.82 Å². The van der Waals surface area contributed by atoms with E-state index in [0.29, 0.717) is 12.0 Å². The highest BCUT2D eigenvalue weighted by molar-refractivity contribution is 5.51. The van der Waals surface area contributed by atoms with E-state index in [9.17, 15) is 10.4 Å². The number of likely N-dealkylation sites (tertiary alicyclic amines) is 1. The summed E-state index contributed by atoms with van der Waals surface area (Å²) >= 11 is 0. The Morgan fingerprint density at radius 1 is 1.14 bits per heavy atom. The minimum Gasteiger partial charge on any atom is -0.383 e. The van der Waals surface area contributed by atoms with Crippen LogP contribution in [0.1, 0.15) is 41.6 Å². The molecule has 0 unspecified atom stereocenters. The van der Waals surface area contributed by atoms with Gasteiger partial charge in [0.1, 0.15) is 17.5 Å². The predicted molar refractivity (Wildman–Crippen MR) is 110 cm³/mol. The minimum absolute atomic E-state index is 0.0317. The molecule has 28 heavy (non-hydrogen) atoms. The van der Waals surface area contributed by atoms with Crippen LogP contribution in [0.5, 0.6) is 0 Å². The topological polar surface area (TPSA) is 63.4 Å². The number of aliphatic hydroxyl groups is 1. The van der Waals surface area contributed by atoms with E-state index < -0.39 is 5.60 Å². The molecule has 2 aliphatic heterocycles. The van der Waals surface area contributed by atoms with E-state index in [2.05, 4.69) is 15.9 Å². The molecule has 0 amide bonds. The molecule has 2 aliphatic rings. The SMILES string of the molecule is Cc1cc(N2CC[C@](O)(c3ccccc3)[C@H](N3CCCC3)C2)nc(C)c1C#N. The fourth-order valence-corrected chi connectivity index (χ4v) is 4.81. The minimum atomic E-state index is -0.848. The molecule has 5 nitrogen and oxygen atoms in total. The van der Waals surface area contributed by atoms with E-state index in [1.54, 1.807) is 0 Å². The molecule has 1 aromatic heterocycles. The summed E-state index contributed by atoms with van der Waals surface area (Å²) in [5.74, 6) is 0.910. The maximum Gasteiger partial charge on any atom is 0.129 e. The summed E-state index contributed by atoms with van der Waals surface area (Å²) in [6.45, 7) is 7.42. The fraction of sp³-hybridized carbons (Fsp3) is 0.478. The second-order valence-electron chi connectivity index (χ2n) is 8.11. The molecule has 5 heteroatoms. The zero-order chi connectivity index (χ0) is 19.7. The van der Waals surface area contributed by atoms with Crippen molar-refractivity contribution >= 4 is 5.82 Å². The number of hydrogen-bond donors (Lipinski definition) is 1. The van der Waals surface area contributed by atoms with Crippen LogP contribution in [-0.2, 0) is 5.60 Å². The van der Waals surface area contributed by atoms with Gasteiger partial charge in [-0.3, -0.25) is 4.90 Å². The van der Waals surface area contributed by atoms with Crippen molar-refractivity contribution in [3.8, 4) is 6.07 Å². The van der Waals surface area contributed by atoms with E-state index in [-0.39, 0.29) is 6.04 Å². The molecule has 0 saturated carbocycles. The Bertz CT molecular complexity index is 862. The van der Waals surface area contributed by atoms with Gasteiger partial charge in [0, 0.05) is 13.1 Å². The Morgan fingerprint density at radius 2 is 1.86 bits per heavy atom. The first-order valence-electron chi connectivity index (χ1n) is 10.2. The van der Waals surface area contributed by atoms with Gasteiger partial charge in [0.2, 0.25) is 0 Å². The molecule has 1 N–H and O–H groups in total. The molecule has 2 saturated heterocycles. The molecule has 0 spiro atoms. The smallest absolute Gasteiger partial charge is 0.129 e. The van der Waals surface area contributed by atoms with Crippen LogP contribution in [0, 0.1) is 25.2 Å². The van der Waals surface area contributed by atoms with Crippen LogP contribution in [0.2, 0.25) is 0 Å². The molecule has 1 aromatic carbocycles. The first kappa shape index (κ1) is 18.9. The average molecular weight is 377 g/mol. The van der Waals surface area contributed by atoms with Crippen molar-refractivity contribution in [2.75, 3.05) is 31.1 Å². The van der Waals surface area contributed by atoms with Gasteiger partial charge >= 0.3 is 0 Å². The lowest BCUT2D eigenvalue weighted by Crippen LogP contribution is -2.60. The lowest BCUT2D eigenvalue weighted by molar-refractivity contribution is -0.0603. The van der Waals surface area contributed by atoms with Gasteiger partial charge in [0.15, 0.2) is 0 Å². The zero-order valence-corrected chi connectivity index (χ0v) is 16.7. The van der Waals surface area contributed by atoms with Gasteiger partial charge in [-0.2, -0.15) is 5.26 Å². The van der Waals surface area contributed by atoms with Crippen molar-refractivity contribution in [1.29, 1.82) is 5.26 Å². The second kappa shape index (κ2) is 7.54. The Morgan fingerprint density at radius 3 is 2.50 bits per heavy atom. The van der Waals surface area contributed by atoms with Crippen LogP contribution in [0.3, 0.4) is 0 Å². The number of aryl methyl sites for hydroxylation is 2. The van der Waals surface area contributed by atoms with E-state index in [1.165, 1.54) is 12.8 Å². The number of rotatable bonds is 3. The van der Waals surface area contributed by atoms with Crippen molar-refractivity contribution in [3.63, 3.8) is 0 Å². The highest BCUT2D eigenvalue weighted by atomic mass is 16.3. The van der Waals surface area contributed by atoms with Gasteiger partial charge in [-0.1, -0.05) is 30.3 Å². The molecule has 0 bridgehead atoms. The molecular formula is C23H28N4O. The van der Waals surface area contributed by atoms with Crippen molar-refractivity contribution in [2.24, 2.45) is 0 Å². The molecular weight excluding hydrogens is 348 g/mol. The van der Waals surface area contributed by atoms with E-state index in [4.69, 9.17) is 4.98 Å². The van der Waals surface area contributed by atoms with Crippen LogP contribution < -0.4 is 4.90 Å². The van der Waals surface area contributed by atoms with E-state index in [0.717, 1.165) is 48.8 Å². The Labute approximate surface area is 167 Å². The Kier molecular flexibility index (Phi) is 5.09. The van der Waals surface area contributed by atoms with Crippen molar-refractivity contribution in [3.05, 3.63) is 58.8 Å². The lowest BCUT2D eigenvalue weighted by atomic mass is 9.79. The molecule has 2 aromatic rings. The maximum atomic E-state index is 11.8. The highest BCUT2D eigenvalue weighted by Gasteiger charge is 2.46. The maximum absolute atomic E-state index is 11.8. The number of aromatic nitrogens is 1. The standard InChI is InChI=1S/C23H28N4O/c1-17-14-22(25-18(2)20(17)15-24)27-13-10-23(28,19-8-4-3-5-9-19)21(16-27)26-11-6-7-12-26/h3-5,8-9,14,21,28H,6-7,10-13,16H2,1-2H3/t21-,23+/m1/s1. The Hall–Kier alpha value is -2.42. The number of benzene rings is 1. The van der Waals surface area contributed by atoms with Gasteiger partial charge < -0.3 is 10.0 Å². The summed E-state index contributed by atoms with van der Waals surface area (Å²) in [5.41, 5.74) is 2.56. The molecule has 3 heterocycles. The van der Waals surface area contributed by atoms with Gasteiger partial charge in [-0.05, 0) is 63.4 Å². The van der Waals surface area contributed by atoms with Crippen molar-refractivity contribution in [1.82, 2.24) is 9.88 Å². The van der Waals surface area contributed by atoms with Gasteiger partial charge in [-0.25, -0.2) is 4.98 Å². The molecule has 0 aliphatic carbocycles. The number of piperidine rings is 1. The third-order valence-electron chi connectivity index (χ3n) is 6.38. The molecule has 2 fully saturated rings. The lowest BCUT2D eigenvalue weighted by Gasteiger charge is -2.49. The summed E-state index contributed by atoms with van der Waals surface area (Å²) in [6.07, 6.45) is 3.04. The van der Waals surface area contributed by atoms with E-state index in [1.807, 2.05) is 50.2 Å². The van der Waals surface area contributed by atoms with Gasteiger partial charge in [0.05, 0.1) is 17.3 Å². The monoisotopic (exact) mass is 376 g/mol. The predicted octanol–water partition coefficient (Wildman–Crippen LogP) is 3.13. The number of pyridine rings is 1. The first-order valence-corrected chi connectivity index (χ1v) is 10.2. The van der Waals surface area contributed by atoms with Crippen LogP contribution in [0.25, 0.3) is 0 Å². The van der Waals surface area contributed by atoms with Crippen molar-refractivity contribution in [2.45, 2.75) is 44.8 Å². The summed E-state index contributed by atoms with van der Waals surface area (Å²) in [7, 11) is 0. The fourth-order valence-electron chi connectivity index (χ4n) is 4.81. The number of nitriles is 1. The van der Waals surface area contributed by atoms with Gasteiger partial charge in [0.25, 0.3) is 0 Å². The molecule has 2 atom stereocenters. The first-order chi connectivity index (χ1) is 13.5. The normalized spacial score (nSPS) is 25.6. The summed E-state index contributed by atoms with van der Waals surface area (Å²) in [4.78, 5) is 9.44. The highest BCUT2D eigenvalue weighted by Crippen LogP contribution is 2.38. The Balaban J connectivity index is 1.67. The largest absolute Gasteiger partial charge is 0.383 e. The molecule has 4 rings (SSSR count). The second-order valence-corrected chi connectivity index (χ2v) is 8.11. The molecule has 0 radical (unpaired) electrons.